The van der Waals surface area contributed by atoms with Crippen LogP contribution in [0.15, 0.2) is 30.6 Å². The molecule has 0 bridgehead atoms. The molecule has 1 aromatic carbocycles. The molecule has 0 fully saturated rings. The van der Waals surface area contributed by atoms with Crippen molar-refractivity contribution in [3.63, 3.8) is 0 Å². The standard InChI is InChI=1S/C15H18FN2P/c1-10-5-6-13(12(16)7-10)18-14-9-17-8-11(2)15(14)19(3)4/h5-9,18H,1-4H3. The van der Waals surface area contributed by atoms with Crippen molar-refractivity contribution in [1.82, 2.24) is 4.98 Å². The summed E-state index contributed by atoms with van der Waals surface area (Å²) in [5.41, 5.74) is 3.46. The second kappa shape index (κ2) is 5.66. The second-order valence-corrected chi connectivity index (χ2v) is 7.09. The molecule has 1 heterocycles. The van der Waals surface area contributed by atoms with E-state index in [1.807, 2.05) is 26.1 Å². The highest BCUT2D eigenvalue weighted by Gasteiger charge is 2.11. The predicted octanol–water partition coefficient (Wildman–Crippen LogP) is 3.95. The van der Waals surface area contributed by atoms with Crippen molar-refractivity contribution < 1.29 is 4.39 Å². The molecular weight excluding hydrogens is 258 g/mol. The maximum atomic E-state index is 13.9. The fourth-order valence-corrected chi connectivity index (χ4v) is 3.47. The van der Waals surface area contributed by atoms with E-state index in [-0.39, 0.29) is 13.7 Å². The highest BCUT2D eigenvalue weighted by molar-refractivity contribution is 7.64. The summed E-state index contributed by atoms with van der Waals surface area (Å²) < 4.78 is 13.9. The van der Waals surface area contributed by atoms with Gasteiger partial charge in [0.25, 0.3) is 0 Å². The highest BCUT2D eigenvalue weighted by Crippen LogP contribution is 2.31. The van der Waals surface area contributed by atoms with Crippen molar-refractivity contribution in [2.24, 2.45) is 0 Å². The second-order valence-electron chi connectivity index (χ2n) is 4.86. The zero-order chi connectivity index (χ0) is 14.0. The van der Waals surface area contributed by atoms with E-state index in [2.05, 4.69) is 23.6 Å². The Morgan fingerprint density at radius 2 is 1.84 bits per heavy atom. The van der Waals surface area contributed by atoms with Gasteiger partial charge < -0.3 is 5.32 Å². The number of anilines is 2. The molecule has 2 aromatic rings. The minimum atomic E-state index is -0.274. The fourth-order valence-electron chi connectivity index (χ4n) is 2.11. The van der Waals surface area contributed by atoms with Gasteiger partial charge in [0.15, 0.2) is 0 Å². The average molecular weight is 276 g/mol. The maximum absolute atomic E-state index is 13.9. The number of hydrogen-bond acceptors (Lipinski definition) is 2. The van der Waals surface area contributed by atoms with Crippen LogP contribution >= 0.6 is 7.92 Å². The molecule has 0 spiro atoms. The average Bonchev–Trinajstić information content (AvgIpc) is 2.32. The van der Waals surface area contributed by atoms with Crippen molar-refractivity contribution in [1.29, 1.82) is 0 Å². The van der Waals surface area contributed by atoms with Gasteiger partial charge in [-0.2, -0.15) is 0 Å². The molecule has 100 valence electrons. The summed E-state index contributed by atoms with van der Waals surface area (Å²) in [6, 6.07) is 5.20. The number of benzene rings is 1. The molecule has 0 aliphatic rings. The van der Waals surface area contributed by atoms with Gasteiger partial charge in [-0.25, -0.2) is 4.39 Å². The van der Waals surface area contributed by atoms with E-state index >= 15 is 0 Å². The van der Waals surface area contributed by atoms with Crippen LogP contribution in [0.25, 0.3) is 0 Å². The minimum Gasteiger partial charge on any atom is -0.351 e. The summed E-state index contributed by atoms with van der Waals surface area (Å²) in [7, 11) is -0.274. The van der Waals surface area contributed by atoms with Crippen molar-refractivity contribution >= 4 is 24.6 Å². The van der Waals surface area contributed by atoms with Gasteiger partial charge in [-0.3, -0.25) is 4.98 Å². The lowest BCUT2D eigenvalue weighted by atomic mass is 10.2. The van der Waals surface area contributed by atoms with E-state index in [0.717, 1.165) is 16.8 Å². The molecular formula is C15H18FN2P. The third-order valence-electron chi connectivity index (χ3n) is 2.94. The fraction of sp³-hybridized carbons (Fsp3) is 0.267. The molecule has 0 unspecified atom stereocenters. The quantitative estimate of drug-likeness (QED) is 0.859. The number of hydrogen-bond donors (Lipinski definition) is 1. The monoisotopic (exact) mass is 276 g/mol. The Bertz CT molecular complexity index is 597. The van der Waals surface area contributed by atoms with Crippen LogP contribution in [0.4, 0.5) is 15.8 Å². The molecule has 0 saturated carbocycles. The topological polar surface area (TPSA) is 24.9 Å². The third-order valence-corrected chi connectivity index (χ3v) is 4.43. The largest absolute Gasteiger partial charge is 0.351 e. The first-order chi connectivity index (χ1) is 8.99. The van der Waals surface area contributed by atoms with E-state index < -0.39 is 0 Å². The Morgan fingerprint density at radius 3 is 2.47 bits per heavy atom. The summed E-state index contributed by atoms with van der Waals surface area (Å²) in [4.78, 5) is 4.20. The van der Waals surface area contributed by atoms with Crippen LogP contribution in [-0.4, -0.2) is 18.3 Å². The summed E-state index contributed by atoms with van der Waals surface area (Å²) in [5, 5.41) is 4.41. The number of halogens is 1. The number of nitrogens with one attached hydrogen (secondary N) is 1. The van der Waals surface area contributed by atoms with Gasteiger partial charge in [0, 0.05) is 11.5 Å². The minimum absolute atomic E-state index is 0.232. The van der Waals surface area contributed by atoms with Gasteiger partial charge >= 0.3 is 0 Å². The Labute approximate surface area is 114 Å². The molecule has 0 aliphatic carbocycles. The molecule has 2 rings (SSSR count). The lowest BCUT2D eigenvalue weighted by Gasteiger charge is -2.17. The zero-order valence-corrected chi connectivity index (χ0v) is 12.6. The third kappa shape index (κ3) is 3.10. The van der Waals surface area contributed by atoms with E-state index in [4.69, 9.17) is 0 Å². The number of rotatable bonds is 3. The number of aryl methyl sites for hydroxylation is 2. The van der Waals surface area contributed by atoms with E-state index in [1.54, 1.807) is 12.3 Å². The van der Waals surface area contributed by atoms with Crippen LogP contribution in [0, 0.1) is 19.7 Å². The molecule has 0 saturated heterocycles. The zero-order valence-electron chi connectivity index (χ0n) is 11.7. The Kier molecular flexibility index (Phi) is 4.16. The van der Waals surface area contributed by atoms with Crippen molar-refractivity contribution in [2.75, 3.05) is 18.6 Å². The van der Waals surface area contributed by atoms with Gasteiger partial charge in [-0.1, -0.05) is 14.0 Å². The van der Waals surface area contributed by atoms with E-state index in [0.29, 0.717) is 5.69 Å². The van der Waals surface area contributed by atoms with Gasteiger partial charge in [0.05, 0.1) is 17.6 Å². The highest BCUT2D eigenvalue weighted by atomic mass is 31.1. The summed E-state index contributed by atoms with van der Waals surface area (Å²) in [5.74, 6) is -0.232. The normalized spacial score (nSPS) is 10.8. The Hall–Kier alpha value is -1.47. The van der Waals surface area contributed by atoms with Crippen molar-refractivity contribution in [3.8, 4) is 0 Å². The van der Waals surface area contributed by atoms with Gasteiger partial charge in [-0.05, 0) is 50.4 Å². The summed E-state index contributed by atoms with van der Waals surface area (Å²) >= 11 is 0. The maximum Gasteiger partial charge on any atom is 0.146 e. The lowest BCUT2D eigenvalue weighted by molar-refractivity contribution is 0.631. The van der Waals surface area contributed by atoms with Crippen LogP contribution in [0.3, 0.4) is 0 Å². The molecule has 4 heteroatoms. The van der Waals surface area contributed by atoms with Crippen molar-refractivity contribution in [2.45, 2.75) is 13.8 Å². The predicted molar refractivity (Wildman–Crippen MR) is 81.8 cm³/mol. The smallest absolute Gasteiger partial charge is 0.146 e. The first-order valence-electron chi connectivity index (χ1n) is 6.14. The number of pyridine rings is 1. The molecule has 19 heavy (non-hydrogen) atoms. The molecule has 1 N–H and O–H groups in total. The molecule has 0 aliphatic heterocycles. The van der Waals surface area contributed by atoms with Gasteiger partial charge in [0.1, 0.15) is 5.82 Å². The van der Waals surface area contributed by atoms with Crippen molar-refractivity contribution in [3.05, 3.63) is 47.5 Å². The molecule has 0 amide bonds. The molecule has 0 atom stereocenters. The molecule has 0 radical (unpaired) electrons. The SMILES string of the molecule is Cc1ccc(Nc2cncc(C)c2P(C)C)c(F)c1. The van der Waals surface area contributed by atoms with E-state index in [9.17, 15) is 4.39 Å². The number of nitrogens with zero attached hydrogens (tertiary/aromatic N) is 1. The Balaban J connectivity index is 2.41. The van der Waals surface area contributed by atoms with Gasteiger partial charge in [0.2, 0.25) is 0 Å². The lowest BCUT2D eigenvalue weighted by Crippen LogP contribution is -2.12. The summed E-state index contributed by atoms with van der Waals surface area (Å²) in [6.07, 6.45) is 3.62. The summed E-state index contributed by atoms with van der Waals surface area (Å²) in [6.45, 7) is 8.30. The first-order valence-corrected chi connectivity index (χ1v) is 8.37. The molecule has 1 aromatic heterocycles. The van der Waals surface area contributed by atoms with E-state index in [1.165, 1.54) is 11.4 Å². The van der Waals surface area contributed by atoms with Gasteiger partial charge in [-0.15, -0.1) is 0 Å². The first kappa shape index (κ1) is 14.0. The van der Waals surface area contributed by atoms with Crippen LogP contribution in [0.5, 0.6) is 0 Å². The van der Waals surface area contributed by atoms with Crippen LogP contribution in [-0.2, 0) is 0 Å². The van der Waals surface area contributed by atoms with Crippen LogP contribution < -0.4 is 10.6 Å². The van der Waals surface area contributed by atoms with Crippen LogP contribution in [0.2, 0.25) is 0 Å². The molecule has 2 nitrogen and oxygen atoms in total. The van der Waals surface area contributed by atoms with Crippen LogP contribution in [0.1, 0.15) is 11.1 Å². The number of aromatic nitrogens is 1. The Morgan fingerprint density at radius 1 is 1.11 bits per heavy atom.